The van der Waals surface area contributed by atoms with Crippen LogP contribution in [0, 0.1) is 0 Å². The number of ether oxygens (including phenoxy) is 1. The molecule has 82 valence electrons. The average Bonchev–Trinajstić information content (AvgIpc) is 2.81. The first-order valence-electron chi connectivity index (χ1n) is 5.10. The monoisotopic (exact) mass is 209 g/mol. The molecule has 1 aromatic rings. The van der Waals surface area contributed by atoms with E-state index in [2.05, 4.69) is 15.6 Å². The molecule has 0 bridgehead atoms. The molecule has 1 aromatic heterocycles. The molecule has 1 unspecified atom stereocenters. The summed E-state index contributed by atoms with van der Waals surface area (Å²) in [5.41, 5.74) is 0.582. The lowest BCUT2D eigenvalue weighted by Crippen LogP contribution is -2.45. The van der Waals surface area contributed by atoms with E-state index in [-0.39, 0.29) is 12.0 Å². The third-order valence-electron chi connectivity index (χ3n) is 2.34. The van der Waals surface area contributed by atoms with Crippen LogP contribution >= 0.6 is 0 Å². The van der Waals surface area contributed by atoms with Crippen molar-refractivity contribution in [1.29, 1.82) is 0 Å². The van der Waals surface area contributed by atoms with Crippen molar-refractivity contribution < 1.29 is 9.53 Å². The van der Waals surface area contributed by atoms with Gasteiger partial charge in [0.25, 0.3) is 5.91 Å². The van der Waals surface area contributed by atoms with E-state index in [0.29, 0.717) is 18.8 Å². The van der Waals surface area contributed by atoms with Crippen molar-refractivity contribution in [1.82, 2.24) is 15.6 Å². The van der Waals surface area contributed by atoms with E-state index in [1.54, 1.807) is 18.3 Å². The average molecular weight is 209 g/mol. The molecule has 0 aromatic carbocycles. The number of aromatic amines is 1. The topological polar surface area (TPSA) is 66.2 Å². The third-order valence-corrected chi connectivity index (χ3v) is 2.34. The Bertz CT molecular complexity index is 304. The number of aromatic nitrogens is 1. The second kappa shape index (κ2) is 4.95. The van der Waals surface area contributed by atoms with Crippen molar-refractivity contribution in [2.24, 2.45) is 0 Å². The van der Waals surface area contributed by atoms with Crippen molar-refractivity contribution in [3.8, 4) is 0 Å². The summed E-state index contributed by atoms with van der Waals surface area (Å²) in [4.78, 5) is 14.4. The molecule has 1 saturated heterocycles. The quantitative estimate of drug-likeness (QED) is 0.642. The fraction of sp³-hybridized carbons (Fsp3) is 0.500. The summed E-state index contributed by atoms with van der Waals surface area (Å²) in [5, 5.41) is 6.03. The fourth-order valence-corrected chi connectivity index (χ4v) is 1.52. The highest BCUT2D eigenvalue weighted by atomic mass is 16.5. The number of carbonyl (C=O) groups excluding carboxylic acids is 1. The molecule has 2 rings (SSSR count). The second-order valence-corrected chi connectivity index (χ2v) is 3.49. The van der Waals surface area contributed by atoms with Crippen molar-refractivity contribution in [2.45, 2.75) is 6.10 Å². The van der Waals surface area contributed by atoms with Crippen LogP contribution in [0.5, 0.6) is 0 Å². The zero-order valence-electron chi connectivity index (χ0n) is 8.45. The third kappa shape index (κ3) is 2.81. The highest BCUT2D eigenvalue weighted by Crippen LogP contribution is 1.96. The van der Waals surface area contributed by atoms with Gasteiger partial charge in [-0.1, -0.05) is 0 Å². The highest BCUT2D eigenvalue weighted by Gasteiger charge is 2.14. The largest absolute Gasteiger partial charge is 0.374 e. The van der Waals surface area contributed by atoms with Crippen LogP contribution in [0.3, 0.4) is 0 Å². The van der Waals surface area contributed by atoms with Crippen molar-refractivity contribution in [3.63, 3.8) is 0 Å². The molecule has 0 spiro atoms. The summed E-state index contributed by atoms with van der Waals surface area (Å²) in [7, 11) is 0. The second-order valence-electron chi connectivity index (χ2n) is 3.49. The van der Waals surface area contributed by atoms with Gasteiger partial charge < -0.3 is 20.4 Å². The lowest BCUT2D eigenvalue weighted by atomic mass is 10.3. The Kier molecular flexibility index (Phi) is 3.37. The van der Waals surface area contributed by atoms with Crippen LogP contribution in [0.1, 0.15) is 10.5 Å². The number of hydrogen-bond acceptors (Lipinski definition) is 3. The Hall–Kier alpha value is -1.33. The van der Waals surface area contributed by atoms with Crippen LogP contribution in [0.15, 0.2) is 18.3 Å². The molecule has 15 heavy (non-hydrogen) atoms. The number of carbonyl (C=O) groups is 1. The van der Waals surface area contributed by atoms with Gasteiger partial charge >= 0.3 is 0 Å². The lowest BCUT2D eigenvalue weighted by Gasteiger charge is -2.23. The number of H-pyrrole nitrogens is 1. The highest BCUT2D eigenvalue weighted by molar-refractivity contribution is 5.92. The Morgan fingerprint density at radius 1 is 1.67 bits per heavy atom. The minimum Gasteiger partial charge on any atom is -0.374 e. The predicted octanol–water partition coefficient (Wildman–Crippen LogP) is -0.267. The van der Waals surface area contributed by atoms with Crippen LogP contribution in [0.25, 0.3) is 0 Å². The van der Waals surface area contributed by atoms with Crippen LogP contribution < -0.4 is 10.6 Å². The summed E-state index contributed by atoms with van der Waals surface area (Å²) in [6, 6.07) is 3.54. The molecule has 1 fully saturated rings. The van der Waals surface area contributed by atoms with Gasteiger partial charge in [0.15, 0.2) is 0 Å². The molecular formula is C10H15N3O2. The Labute approximate surface area is 88.2 Å². The van der Waals surface area contributed by atoms with Crippen molar-refractivity contribution in [3.05, 3.63) is 24.0 Å². The molecular weight excluding hydrogens is 194 g/mol. The normalized spacial score (nSPS) is 21.2. The van der Waals surface area contributed by atoms with Crippen LogP contribution in [-0.2, 0) is 4.74 Å². The minimum absolute atomic E-state index is 0.0812. The van der Waals surface area contributed by atoms with E-state index in [4.69, 9.17) is 4.74 Å². The molecule has 0 aliphatic carbocycles. The van der Waals surface area contributed by atoms with Gasteiger partial charge in [0.05, 0.1) is 12.7 Å². The maximum Gasteiger partial charge on any atom is 0.267 e. The molecule has 2 heterocycles. The smallest absolute Gasteiger partial charge is 0.267 e. The summed E-state index contributed by atoms with van der Waals surface area (Å²) < 4.78 is 5.46. The van der Waals surface area contributed by atoms with Gasteiger partial charge in [-0.15, -0.1) is 0 Å². The number of hydrogen-bond donors (Lipinski definition) is 3. The molecule has 5 nitrogen and oxygen atoms in total. The fourth-order valence-electron chi connectivity index (χ4n) is 1.52. The van der Waals surface area contributed by atoms with Gasteiger partial charge in [-0.2, -0.15) is 0 Å². The van der Waals surface area contributed by atoms with Gasteiger partial charge in [-0.25, -0.2) is 0 Å². The molecule has 1 aliphatic rings. The molecule has 3 N–H and O–H groups in total. The number of rotatable bonds is 3. The van der Waals surface area contributed by atoms with Gasteiger partial charge in [-0.05, 0) is 12.1 Å². The Morgan fingerprint density at radius 3 is 3.27 bits per heavy atom. The summed E-state index contributed by atoms with van der Waals surface area (Å²) in [5.74, 6) is -0.0887. The summed E-state index contributed by atoms with van der Waals surface area (Å²) in [6.07, 6.45) is 1.81. The molecule has 1 amide bonds. The van der Waals surface area contributed by atoms with E-state index in [1.165, 1.54) is 0 Å². The minimum atomic E-state index is -0.0887. The maximum atomic E-state index is 11.5. The van der Waals surface area contributed by atoms with E-state index < -0.39 is 0 Å². The molecule has 5 heteroatoms. The van der Waals surface area contributed by atoms with Crippen LogP contribution in [-0.4, -0.2) is 43.2 Å². The van der Waals surface area contributed by atoms with Gasteiger partial charge in [-0.3, -0.25) is 4.79 Å². The first-order chi connectivity index (χ1) is 7.36. The maximum absolute atomic E-state index is 11.5. The van der Waals surface area contributed by atoms with Crippen molar-refractivity contribution in [2.75, 3.05) is 26.2 Å². The van der Waals surface area contributed by atoms with E-state index in [1.807, 2.05) is 0 Å². The first kappa shape index (κ1) is 10.2. The van der Waals surface area contributed by atoms with Gasteiger partial charge in [0, 0.05) is 25.8 Å². The zero-order valence-corrected chi connectivity index (χ0v) is 8.45. The summed E-state index contributed by atoms with van der Waals surface area (Å²) >= 11 is 0. The molecule has 0 radical (unpaired) electrons. The van der Waals surface area contributed by atoms with Crippen molar-refractivity contribution >= 4 is 5.91 Å². The first-order valence-corrected chi connectivity index (χ1v) is 5.10. The zero-order chi connectivity index (χ0) is 10.5. The van der Waals surface area contributed by atoms with E-state index in [0.717, 1.165) is 13.1 Å². The van der Waals surface area contributed by atoms with Gasteiger partial charge in [0.1, 0.15) is 5.69 Å². The lowest BCUT2D eigenvalue weighted by molar-refractivity contribution is 0.0287. The van der Waals surface area contributed by atoms with Gasteiger partial charge in [0.2, 0.25) is 0 Å². The number of morpholine rings is 1. The standard InChI is InChI=1S/C10H15N3O2/c14-10(9-2-1-3-12-9)13-7-8-6-11-4-5-15-8/h1-3,8,11-12H,4-7H2,(H,13,14). The molecule has 1 atom stereocenters. The summed E-state index contributed by atoms with van der Waals surface area (Å²) in [6.45, 7) is 2.94. The molecule has 1 aliphatic heterocycles. The number of amides is 1. The van der Waals surface area contributed by atoms with E-state index in [9.17, 15) is 4.79 Å². The predicted molar refractivity (Wildman–Crippen MR) is 55.7 cm³/mol. The SMILES string of the molecule is O=C(NCC1CNCCO1)c1ccc[nH]1. The van der Waals surface area contributed by atoms with Crippen LogP contribution in [0.4, 0.5) is 0 Å². The Morgan fingerprint density at radius 2 is 2.60 bits per heavy atom. The van der Waals surface area contributed by atoms with E-state index >= 15 is 0 Å². The number of nitrogens with one attached hydrogen (secondary N) is 3. The van der Waals surface area contributed by atoms with Crippen LogP contribution in [0.2, 0.25) is 0 Å². The molecule has 0 saturated carbocycles. The Balaban J connectivity index is 1.75.